The van der Waals surface area contributed by atoms with Crippen LogP contribution in [-0.2, 0) is 0 Å². The molecule has 0 spiro atoms. The van der Waals surface area contributed by atoms with E-state index < -0.39 is 0 Å². The maximum atomic E-state index is 11.6. The van der Waals surface area contributed by atoms with Crippen molar-refractivity contribution in [2.75, 3.05) is 44.7 Å². The van der Waals surface area contributed by atoms with E-state index >= 15 is 0 Å². The first kappa shape index (κ1) is 20.6. The first-order valence-corrected chi connectivity index (χ1v) is 9.84. The van der Waals surface area contributed by atoms with Crippen LogP contribution in [0.1, 0.15) is 33.6 Å². The Labute approximate surface area is 160 Å². The van der Waals surface area contributed by atoms with Crippen molar-refractivity contribution < 1.29 is 0 Å². The SMILES string of the molecule is C/C=C(/CN1CCN(c2cn[nH]c(=O)c2Cl)CC1)C(=NC)C1CC1.CC. The van der Waals surface area contributed by atoms with Gasteiger partial charge in [-0.3, -0.25) is 14.7 Å². The molecule has 0 atom stereocenters. The van der Waals surface area contributed by atoms with Gasteiger partial charge in [-0.25, -0.2) is 5.10 Å². The molecule has 1 aliphatic heterocycles. The van der Waals surface area contributed by atoms with Gasteiger partial charge < -0.3 is 4.90 Å². The molecule has 0 aromatic carbocycles. The standard InChI is InChI=1S/C17H24ClN5O.C2H6/c1-3-12(16(19-2)13-4-5-13)11-22-6-8-23(9-7-22)14-10-20-21-17(24)15(14)18;1-2/h3,10,13H,4-9,11H2,1-2H3,(H,21,24);1-2H3/b12-3-,19-16?;. The van der Waals surface area contributed by atoms with Crippen molar-refractivity contribution in [3.63, 3.8) is 0 Å². The quantitative estimate of drug-likeness (QED) is 0.799. The van der Waals surface area contributed by atoms with E-state index in [1.54, 1.807) is 6.20 Å². The van der Waals surface area contributed by atoms with E-state index in [9.17, 15) is 4.79 Å². The van der Waals surface area contributed by atoms with Crippen molar-refractivity contribution >= 4 is 23.0 Å². The molecule has 0 amide bonds. The molecule has 1 aromatic rings. The summed E-state index contributed by atoms with van der Waals surface area (Å²) in [6.45, 7) is 10.6. The van der Waals surface area contributed by atoms with Crippen LogP contribution in [0.3, 0.4) is 0 Å². The Bertz CT molecular complexity index is 700. The second-order valence-corrected chi connectivity index (χ2v) is 6.74. The molecule has 1 aliphatic carbocycles. The van der Waals surface area contributed by atoms with Gasteiger partial charge in [-0.05, 0) is 25.3 Å². The van der Waals surface area contributed by atoms with Crippen molar-refractivity contribution in [3.05, 3.63) is 33.2 Å². The van der Waals surface area contributed by atoms with Gasteiger partial charge in [0, 0.05) is 51.4 Å². The number of nitrogens with one attached hydrogen (secondary N) is 1. The Kier molecular flexibility index (Phi) is 7.85. The highest BCUT2D eigenvalue weighted by Crippen LogP contribution is 2.33. The summed E-state index contributed by atoms with van der Waals surface area (Å²) in [6, 6.07) is 0. The van der Waals surface area contributed by atoms with Crippen LogP contribution in [0.5, 0.6) is 0 Å². The highest BCUT2D eigenvalue weighted by Gasteiger charge is 2.30. The second kappa shape index (κ2) is 9.88. The molecule has 0 bridgehead atoms. The third-order valence-corrected chi connectivity index (χ3v) is 5.13. The molecule has 1 saturated carbocycles. The number of aliphatic imine (C=N–C) groups is 1. The molecule has 2 aliphatic rings. The van der Waals surface area contributed by atoms with Crippen LogP contribution in [0.15, 0.2) is 27.6 Å². The van der Waals surface area contributed by atoms with E-state index in [-0.39, 0.29) is 10.6 Å². The van der Waals surface area contributed by atoms with E-state index in [4.69, 9.17) is 11.6 Å². The lowest BCUT2D eigenvalue weighted by Crippen LogP contribution is -2.47. The molecule has 7 heteroatoms. The van der Waals surface area contributed by atoms with E-state index in [0.717, 1.165) is 38.4 Å². The summed E-state index contributed by atoms with van der Waals surface area (Å²) in [7, 11) is 1.90. The largest absolute Gasteiger partial charge is 0.366 e. The van der Waals surface area contributed by atoms with Crippen LogP contribution >= 0.6 is 11.6 Å². The average molecular weight is 380 g/mol. The number of anilines is 1. The summed E-state index contributed by atoms with van der Waals surface area (Å²) in [5, 5.41) is 6.44. The Morgan fingerprint density at radius 3 is 2.54 bits per heavy atom. The molecule has 1 aromatic heterocycles. The van der Waals surface area contributed by atoms with Gasteiger partial charge in [-0.15, -0.1) is 0 Å². The maximum Gasteiger partial charge on any atom is 0.285 e. The predicted octanol–water partition coefficient (Wildman–Crippen LogP) is 3.00. The van der Waals surface area contributed by atoms with Crippen LogP contribution in [0.4, 0.5) is 5.69 Å². The molecule has 6 nitrogen and oxygen atoms in total. The number of nitrogens with zero attached hydrogens (tertiary/aromatic N) is 4. The van der Waals surface area contributed by atoms with Crippen molar-refractivity contribution in [3.8, 4) is 0 Å². The molecular weight excluding hydrogens is 350 g/mol. The van der Waals surface area contributed by atoms with Gasteiger partial charge in [0.1, 0.15) is 5.02 Å². The molecule has 2 fully saturated rings. The van der Waals surface area contributed by atoms with Gasteiger partial charge >= 0.3 is 0 Å². The lowest BCUT2D eigenvalue weighted by atomic mass is 10.1. The topological polar surface area (TPSA) is 64.6 Å². The van der Waals surface area contributed by atoms with Crippen LogP contribution in [0, 0.1) is 5.92 Å². The molecule has 26 heavy (non-hydrogen) atoms. The Morgan fingerprint density at radius 2 is 2.00 bits per heavy atom. The first-order valence-electron chi connectivity index (χ1n) is 9.46. The number of halogens is 1. The van der Waals surface area contributed by atoms with E-state index in [0.29, 0.717) is 5.92 Å². The van der Waals surface area contributed by atoms with Crippen molar-refractivity contribution in [2.24, 2.45) is 10.9 Å². The number of hydrogen-bond acceptors (Lipinski definition) is 5. The summed E-state index contributed by atoms with van der Waals surface area (Å²) >= 11 is 6.11. The fourth-order valence-electron chi connectivity index (χ4n) is 3.25. The summed E-state index contributed by atoms with van der Waals surface area (Å²) in [5.41, 5.74) is 3.02. The minimum atomic E-state index is -0.332. The van der Waals surface area contributed by atoms with Crippen LogP contribution in [-0.4, -0.2) is 60.6 Å². The van der Waals surface area contributed by atoms with E-state index in [1.165, 1.54) is 24.1 Å². The molecule has 1 saturated heterocycles. The van der Waals surface area contributed by atoms with Crippen molar-refractivity contribution in [2.45, 2.75) is 33.6 Å². The van der Waals surface area contributed by atoms with Gasteiger partial charge in [0.05, 0.1) is 11.9 Å². The number of hydrogen-bond donors (Lipinski definition) is 1. The summed E-state index contributed by atoms with van der Waals surface area (Å²) in [6.07, 6.45) is 6.37. The lowest BCUT2D eigenvalue weighted by Gasteiger charge is -2.36. The Balaban J connectivity index is 0.00000117. The summed E-state index contributed by atoms with van der Waals surface area (Å²) in [5.74, 6) is 0.670. The number of aromatic nitrogens is 2. The van der Waals surface area contributed by atoms with Crippen LogP contribution < -0.4 is 10.5 Å². The maximum absolute atomic E-state index is 11.6. The number of allylic oxidation sites excluding steroid dienone is 1. The fraction of sp³-hybridized carbons (Fsp3) is 0.632. The zero-order valence-electron chi connectivity index (χ0n) is 16.3. The third kappa shape index (κ3) is 4.95. The Morgan fingerprint density at radius 1 is 1.35 bits per heavy atom. The minimum absolute atomic E-state index is 0.224. The molecular formula is C19H30ClN5O. The number of H-pyrrole nitrogens is 1. The zero-order valence-corrected chi connectivity index (χ0v) is 17.0. The number of piperazine rings is 1. The predicted molar refractivity (Wildman–Crippen MR) is 110 cm³/mol. The van der Waals surface area contributed by atoms with E-state index in [1.807, 2.05) is 20.9 Å². The molecule has 0 unspecified atom stereocenters. The molecule has 1 N–H and O–H groups in total. The van der Waals surface area contributed by atoms with Crippen LogP contribution in [0.25, 0.3) is 0 Å². The van der Waals surface area contributed by atoms with Gasteiger partial charge in [0.25, 0.3) is 5.56 Å². The number of aromatic amines is 1. The third-order valence-electron chi connectivity index (χ3n) is 4.77. The van der Waals surface area contributed by atoms with Gasteiger partial charge in [0.2, 0.25) is 0 Å². The van der Waals surface area contributed by atoms with Gasteiger partial charge in [-0.2, -0.15) is 5.10 Å². The summed E-state index contributed by atoms with van der Waals surface area (Å²) < 4.78 is 0. The smallest absolute Gasteiger partial charge is 0.285 e. The molecule has 144 valence electrons. The summed E-state index contributed by atoms with van der Waals surface area (Å²) in [4.78, 5) is 20.7. The monoisotopic (exact) mass is 379 g/mol. The van der Waals surface area contributed by atoms with Crippen molar-refractivity contribution in [1.29, 1.82) is 0 Å². The van der Waals surface area contributed by atoms with E-state index in [2.05, 4.69) is 38.0 Å². The fourth-order valence-corrected chi connectivity index (χ4v) is 3.46. The molecule has 0 radical (unpaired) electrons. The van der Waals surface area contributed by atoms with Crippen molar-refractivity contribution in [1.82, 2.24) is 15.1 Å². The zero-order chi connectivity index (χ0) is 19.1. The normalized spacial score (nSPS) is 19.2. The second-order valence-electron chi connectivity index (χ2n) is 6.36. The number of rotatable bonds is 5. The highest BCUT2D eigenvalue weighted by atomic mass is 35.5. The lowest BCUT2D eigenvalue weighted by molar-refractivity contribution is 0.280. The average Bonchev–Trinajstić information content (AvgIpc) is 3.51. The first-order chi connectivity index (χ1) is 12.6. The minimum Gasteiger partial charge on any atom is -0.366 e. The molecule has 2 heterocycles. The molecule has 3 rings (SSSR count). The van der Waals surface area contributed by atoms with Gasteiger partial charge in [0.15, 0.2) is 0 Å². The van der Waals surface area contributed by atoms with Crippen LogP contribution in [0.2, 0.25) is 5.02 Å². The van der Waals surface area contributed by atoms with Gasteiger partial charge in [-0.1, -0.05) is 31.5 Å². The Hall–Kier alpha value is -1.66. The highest BCUT2D eigenvalue weighted by molar-refractivity contribution is 6.33.